The van der Waals surface area contributed by atoms with Gasteiger partial charge >= 0.3 is 0 Å². The molecule has 1 aromatic carbocycles. The molecule has 2 nitrogen and oxygen atoms in total. The molecular formula is C18H35NO. The van der Waals surface area contributed by atoms with Crippen molar-refractivity contribution < 1.29 is 4.79 Å². The molecule has 0 aromatic heterocycles. The Morgan fingerprint density at radius 1 is 0.950 bits per heavy atom. The highest BCUT2D eigenvalue weighted by atomic mass is 16.1. The van der Waals surface area contributed by atoms with E-state index < -0.39 is 0 Å². The molecule has 0 atom stereocenters. The molecule has 20 heavy (non-hydrogen) atoms. The Morgan fingerprint density at radius 3 is 1.90 bits per heavy atom. The third-order valence-electron chi connectivity index (χ3n) is 2.18. The van der Waals surface area contributed by atoms with Crippen molar-refractivity contribution in [2.24, 2.45) is 0 Å². The van der Waals surface area contributed by atoms with E-state index in [0.29, 0.717) is 0 Å². The largest absolute Gasteiger partial charge is 0.352 e. The number of carbonyl (C=O) groups excluding carboxylic acids is 1. The van der Waals surface area contributed by atoms with Gasteiger partial charge in [0.15, 0.2) is 0 Å². The van der Waals surface area contributed by atoms with E-state index in [9.17, 15) is 4.79 Å². The lowest BCUT2D eigenvalue weighted by atomic mass is 10.0. The smallest absolute Gasteiger partial charge is 0.251 e. The molecule has 0 aliphatic heterocycles. The van der Waals surface area contributed by atoms with Crippen LogP contribution in [0.25, 0.3) is 0 Å². The second kappa shape index (κ2) is 20.0. The Bertz CT molecular complexity index is 308. The van der Waals surface area contributed by atoms with E-state index in [0.717, 1.165) is 30.5 Å². The molecule has 1 rings (SSSR count). The first-order valence-electron chi connectivity index (χ1n) is 8.15. The minimum Gasteiger partial charge on any atom is -0.352 e. The fourth-order valence-electron chi connectivity index (χ4n) is 1.38. The molecule has 2 heteroatoms. The number of aryl methyl sites for hydroxylation is 1. The lowest BCUT2D eigenvalue weighted by molar-refractivity contribution is 0.0953. The van der Waals surface area contributed by atoms with Gasteiger partial charge in [0, 0.05) is 12.1 Å². The molecule has 0 aliphatic rings. The first-order chi connectivity index (χ1) is 9.79. The Kier molecular flexibility index (Phi) is 23.8. The second-order valence-corrected chi connectivity index (χ2v) is 3.27. The summed E-state index contributed by atoms with van der Waals surface area (Å²) in [5, 5.41) is 2.88. The molecular weight excluding hydrogens is 246 g/mol. The fraction of sp³-hybridized carbons (Fsp3) is 0.611. The van der Waals surface area contributed by atoms with Gasteiger partial charge in [0.1, 0.15) is 0 Å². The molecule has 0 saturated heterocycles. The number of rotatable bonds is 4. The predicted octanol–water partition coefficient (Wildman–Crippen LogP) is 5.47. The van der Waals surface area contributed by atoms with Crippen molar-refractivity contribution >= 4 is 5.91 Å². The minimum atomic E-state index is 0.0456. The van der Waals surface area contributed by atoms with E-state index in [2.05, 4.69) is 12.2 Å². The SMILES string of the molecule is CC.CC.CC.CCCNC(=O)c1ccccc1CC. The number of carbonyl (C=O) groups is 1. The summed E-state index contributed by atoms with van der Waals surface area (Å²) in [5.74, 6) is 0.0456. The molecule has 0 unspecified atom stereocenters. The van der Waals surface area contributed by atoms with E-state index in [1.165, 1.54) is 0 Å². The van der Waals surface area contributed by atoms with Crippen LogP contribution >= 0.6 is 0 Å². The van der Waals surface area contributed by atoms with Crippen molar-refractivity contribution in [3.05, 3.63) is 35.4 Å². The average molecular weight is 281 g/mol. The molecule has 0 aliphatic carbocycles. The van der Waals surface area contributed by atoms with Crippen molar-refractivity contribution in [2.45, 2.75) is 68.2 Å². The second-order valence-electron chi connectivity index (χ2n) is 3.27. The summed E-state index contributed by atoms with van der Waals surface area (Å²) in [5.41, 5.74) is 1.92. The van der Waals surface area contributed by atoms with Crippen LogP contribution in [0.3, 0.4) is 0 Å². The van der Waals surface area contributed by atoms with Crippen LogP contribution < -0.4 is 5.32 Å². The molecule has 0 spiro atoms. The summed E-state index contributed by atoms with van der Waals surface area (Å²) in [6.07, 6.45) is 1.87. The van der Waals surface area contributed by atoms with Crippen LogP contribution in [0.2, 0.25) is 0 Å². The number of hydrogen-bond donors (Lipinski definition) is 1. The third kappa shape index (κ3) is 10.6. The zero-order valence-corrected chi connectivity index (χ0v) is 14.8. The van der Waals surface area contributed by atoms with Crippen molar-refractivity contribution in [2.75, 3.05) is 6.54 Å². The maximum Gasteiger partial charge on any atom is 0.251 e. The summed E-state index contributed by atoms with van der Waals surface area (Å²) < 4.78 is 0. The van der Waals surface area contributed by atoms with Crippen LogP contribution in [0.5, 0.6) is 0 Å². The van der Waals surface area contributed by atoms with Gasteiger partial charge in [-0.3, -0.25) is 4.79 Å². The van der Waals surface area contributed by atoms with Crippen molar-refractivity contribution in [3.63, 3.8) is 0 Å². The quantitative estimate of drug-likeness (QED) is 0.779. The van der Waals surface area contributed by atoms with Crippen LogP contribution in [0.4, 0.5) is 0 Å². The fourth-order valence-corrected chi connectivity index (χ4v) is 1.38. The highest BCUT2D eigenvalue weighted by Crippen LogP contribution is 2.08. The average Bonchev–Trinajstić information content (AvgIpc) is 2.58. The standard InChI is InChI=1S/C12H17NO.3C2H6/c1-3-9-13-12(14)11-8-6-5-7-10(11)4-2;3*1-2/h5-8H,3-4,9H2,1-2H3,(H,13,14);3*1-2H3. The molecule has 118 valence electrons. The summed E-state index contributed by atoms with van der Waals surface area (Å²) in [7, 11) is 0. The highest BCUT2D eigenvalue weighted by molar-refractivity contribution is 5.95. The third-order valence-corrected chi connectivity index (χ3v) is 2.18. The summed E-state index contributed by atoms with van der Waals surface area (Å²) >= 11 is 0. The van der Waals surface area contributed by atoms with Gasteiger partial charge in [-0.15, -0.1) is 0 Å². The molecule has 0 saturated carbocycles. The van der Waals surface area contributed by atoms with Crippen molar-refractivity contribution in [1.29, 1.82) is 0 Å². The molecule has 0 bridgehead atoms. The maximum atomic E-state index is 11.7. The Balaban J connectivity index is -0.000000425. The maximum absolute atomic E-state index is 11.7. The van der Waals surface area contributed by atoms with Crippen molar-refractivity contribution in [1.82, 2.24) is 5.32 Å². The lowest BCUT2D eigenvalue weighted by Gasteiger charge is -2.07. The molecule has 0 radical (unpaired) electrons. The van der Waals surface area contributed by atoms with Crippen LogP contribution in [-0.4, -0.2) is 12.5 Å². The first-order valence-corrected chi connectivity index (χ1v) is 8.15. The minimum absolute atomic E-state index is 0.0456. The first kappa shape index (κ1) is 23.8. The predicted molar refractivity (Wildman–Crippen MR) is 92.5 cm³/mol. The van der Waals surface area contributed by atoms with Gasteiger partial charge in [0.2, 0.25) is 0 Å². The normalized spacial score (nSPS) is 7.80. The van der Waals surface area contributed by atoms with Gasteiger partial charge < -0.3 is 5.32 Å². The molecule has 1 aromatic rings. The molecule has 1 amide bonds. The molecule has 1 N–H and O–H groups in total. The molecule has 0 heterocycles. The monoisotopic (exact) mass is 281 g/mol. The Morgan fingerprint density at radius 2 is 1.45 bits per heavy atom. The van der Waals surface area contributed by atoms with E-state index >= 15 is 0 Å². The van der Waals surface area contributed by atoms with Crippen LogP contribution in [0.15, 0.2) is 24.3 Å². The Labute approximate surface area is 127 Å². The van der Waals surface area contributed by atoms with Crippen LogP contribution in [0, 0.1) is 0 Å². The van der Waals surface area contributed by atoms with Gasteiger partial charge in [0.05, 0.1) is 0 Å². The highest BCUT2D eigenvalue weighted by Gasteiger charge is 2.07. The zero-order chi connectivity index (χ0) is 16.4. The van der Waals surface area contributed by atoms with Gasteiger partial charge in [0.25, 0.3) is 5.91 Å². The lowest BCUT2D eigenvalue weighted by Crippen LogP contribution is -2.24. The van der Waals surface area contributed by atoms with E-state index in [1.54, 1.807) is 0 Å². The number of benzene rings is 1. The zero-order valence-electron chi connectivity index (χ0n) is 14.8. The Hall–Kier alpha value is -1.31. The van der Waals surface area contributed by atoms with E-state index in [1.807, 2.05) is 72.7 Å². The van der Waals surface area contributed by atoms with Gasteiger partial charge in [-0.25, -0.2) is 0 Å². The van der Waals surface area contributed by atoms with E-state index in [4.69, 9.17) is 0 Å². The topological polar surface area (TPSA) is 29.1 Å². The van der Waals surface area contributed by atoms with Gasteiger partial charge in [-0.1, -0.05) is 73.6 Å². The van der Waals surface area contributed by atoms with Gasteiger partial charge in [-0.2, -0.15) is 0 Å². The summed E-state index contributed by atoms with van der Waals surface area (Å²) in [6.45, 7) is 16.9. The van der Waals surface area contributed by atoms with Crippen LogP contribution in [-0.2, 0) is 6.42 Å². The molecule has 0 fully saturated rings. The van der Waals surface area contributed by atoms with Crippen LogP contribution in [0.1, 0.15) is 77.7 Å². The number of hydrogen-bond acceptors (Lipinski definition) is 1. The summed E-state index contributed by atoms with van der Waals surface area (Å²) in [6, 6.07) is 7.75. The van der Waals surface area contributed by atoms with Crippen molar-refractivity contribution in [3.8, 4) is 0 Å². The number of amides is 1. The van der Waals surface area contributed by atoms with Gasteiger partial charge in [-0.05, 0) is 24.5 Å². The number of nitrogens with one attached hydrogen (secondary N) is 1. The van der Waals surface area contributed by atoms with E-state index in [-0.39, 0.29) is 5.91 Å². The summed E-state index contributed by atoms with van der Waals surface area (Å²) in [4.78, 5) is 11.7.